The summed E-state index contributed by atoms with van der Waals surface area (Å²) in [5.41, 5.74) is -4.17. The first-order valence-electron chi connectivity index (χ1n) is 11.4. The summed E-state index contributed by atoms with van der Waals surface area (Å²) in [5, 5.41) is 45.2. The minimum atomic E-state index is -1.40. The van der Waals surface area contributed by atoms with E-state index < -0.39 is 45.8 Å². The number of aliphatic hydroxyl groups excluding tert-OH is 2. The van der Waals surface area contributed by atoms with E-state index in [9.17, 15) is 30.0 Å². The predicted octanol–water partition coefficient (Wildman–Crippen LogP) is 1.51. The number of Topliss-reactive ketones (excluding diaryl/α,β-unsaturated/α-hetero) is 1. The maximum Gasteiger partial charge on any atom is 0.335 e. The Morgan fingerprint density at radius 1 is 1.00 bits per heavy atom. The van der Waals surface area contributed by atoms with E-state index in [-0.39, 0.29) is 24.0 Å². The molecule has 5 rings (SSSR count). The smallest absolute Gasteiger partial charge is 0.335 e. The molecule has 4 saturated carbocycles. The third-order valence-electron chi connectivity index (χ3n) is 9.94. The average molecular weight is 433 g/mol. The van der Waals surface area contributed by atoms with Crippen LogP contribution in [0.3, 0.4) is 0 Å². The van der Waals surface area contributed by atoms with Gasteiger partial charge in [-0.1, -0.05) is 13.8 Å². The van der Waals surface area contributed by atoms with E-state index in [1.165, 1.54) is 12.3 Å². The number of aliphatic hydroxyl groups is 4. The molecule has 1 heterocycles. The molecule has 4 N–H and O–H groups in total. The second-order valence-corrected chi connectivity index (χ2v) is 11.0. The van der Waals surface area contributed by atoms with Gasteiger partial charge in [-0.05, 0) is 62.0 Å². The van der Waals surface area contributed by atoms with Crippen LogP contribution in [0.4, 0.5) is 0 Å². The van der Waals surface area contributed by atoms with Crippen molar-refractivity contribution in [3.05, 3.63) is 34.4 Å². The number of rotatable bonds is 1. The molecule has 4 aliphatic carbocycles. The molecule has 7 nitrogen and oxygen atoms in total. The van der Waals surface area contributed by atoms with Gasteiger partial charge in [-0.2, -0.15) is 0 Å². The monoisotopic (exact) mass is 432 g/mol. The molecule has 0 radical (unpaired) electrons. The van der Waals surface area contributed by atoms with Gasteiger partial charge in [0.2, 0.25) is 0 Å². The summed E-state index contributed by atoms with van der Waals surface area (Å²) >= 11 is 0. The van der Waals surface area contributed by atoms with Crippen LogP contribution in [-0.2, 0) is 4.79 Å². The fourth-order valence-electron chi connectivity index (χ4n) is 8.08. The number of hydrogen-bond acceptors (Lipinski definition) is 7. The summed E-state index contributed by atoms with van der Waals surface area (Å²) in [4.78, 5) is 25.2. The lowest BCUT2D eigenvalue weighted by molar-refractivity contribution is -0.260. The Kier molecular flexibility index (Phi) is 4.47. The van der Waals surface area contributed by atoms with Crippen LogP contribution in [0.25, 0.3) is 0 Å². The zero-order chi connectivity index (χ0) is 22.4. The number of fused-ring (bicyclic) bond motifs is 5. The lowest BCUT2D eigenvalue weighted by Gasteiger charge is -2.65. The quantitative estimate of drug-likeness (QED) is 0.529. The van der Waals surface area contributed by atoms with Crippen LogP contribution >= 0.6 is 0 Å². The zero-order valence-corrected chi connectivity index (χ0v) is 18.1. The summed E-state index contributed by atoms with van der Waals surface area (Å²) in [6, 6.07) is 2.98. The van der Waals surface area contributed by atoms with Crippen molar-refractivity contribution in [2.24, 2.45) is 22.7 Å². The second-order valence-electron chi connectivity index (χ2n) is 11.0. The van der Waals surface area contributed by atoms with Crippen molar-refractivity contribution in [1.82, 2.24) is 0 Å². The Morgan fingerprint density at radius 2 is 1.74 bits per heavy atom. The molecule has 0 bridgehead atoms. The van der Waals surface area contributed by atoms with E-state index >= 15 is 0 Å². The molecular weight excluding hydrogens is 400 g/mol. The van der Waals surface area contributed by atoms with E-state index in [4.69, 9.17) is 4.42 Å². The molecule has 170 valence electrons. The highest BCUT2D eigenvalue weighted by atomic mass is 16.4. The van der Waals surface area contributed by atoms with Crippen LogP contribution in [0.15, 0.2) is 27.6 Å². The van der Waals surface area contributed by atoms with Crippen molar-refractivity contribution in [3.8, 4) is 0 Å². The molecule has 1 aromatic heterocycles. The Balaban J connectivity index is 1.60. The standard InChI is InChI=1S/C24H32O7/c1-21-8-5-14(25)11-23(21,29)9-6-16-18(21)19(27)20(28)22(2)15(7-10-24(16,22)30)13-3-4-17(26)31-12-13/h3-4,12,14-16,18,20,25,28-30H,5-11H2,1-2H3/t14-,15+,16+,18-,20+,21+,22-,23-,24-/m0/s1. The molecule has 0 spiro atoms. The minimum Gasteiger partial charge on any atom is -0.431 e. The molecule has 7 heteroatoms. The third-order valence-corrected chi connectivity index (χ3v) is 9.94. The molecule has 4 fully saturated rings. The maximum atomic E-state index is 13.8. The van der Waals surface area contributed by atoms with Gasteiger partial charge in [0.05, 0.1) is 23.6 Å². The number of hydrogen-bond donors (Lipinski definition) is 4. The number of carbonyl (C=O) groups excluding carboxylic acids is 1. The van der Waals surface area contributed by atoms with Gasteiger partial charge in [-0.25, -0.2) is 4.79 Å². The van der Waals surface area contributed by atoms with Gasteiger partial charge in [0.15, 0.2) is 5.78 Å². The number of ketones is 1. The molecule has 0 amide bonds. The summed E-state index contributed by atoms with van der Waals surface area (Å²) in [6.07, 6.45) is 2.42. The Bertz CT molecular complexity index is 952. The average Bonchev–Trinajstić information content (AvgIpc) is 3.00. The first-order valence-corrected chi connectivity index (χ1v) is 11.4. The van der Waals surface area contributed by atoms with E-state index in [1.807, 2.05) is 6.92 Å². The lowest BCUT2D eigenvalue weighted by Crippen LogP contribution is -2.73. The van der Waals surface area contributed by atoms with Crippen molar-refractivity contribution < 1.29 is 29.6 Å². The summed E-state index contributed by atoms with van der Waals surface area (Å²) in [5.74, 6) is -1.70. The summed E-state index contributed by atoms with van der Waals surface area (Å²) in [7, 11) is 0. The van der Waals surface area contributed by atoms with Gasteiger partial charge >= 0.3 is 5.63 Å². The molecule has 0 saturated heterocycles. The molecule has 4 aliphatic rings. The summed E-state index contributed by atoms with van der Waals surface area (Å²) in [6.45, 7) is 3.67. The van der Waals surface area contributed by atoms with E-state index in [0.717, 1.165) is 0 Å². The normalized spacial score (nSPS) is 51.7. The van der Waals surface area contributed by atoms with Crippen molar-refractivity contribution >= 4 is 5.78 Å². The molecule has 0 unspecified atom stereocenters. The summed E-state index contributed by atoms with van der Waals surface area (Å²) < 4.78 is 5.05. The molecule has 9 atom stereocenters. The Labute approximate surface area is 181 Å². The first kappa shape index (κ1) is 21.3. The van der Waals surface area contributed by atoms with Crippen molar-refractivity contribution in [2.75, 3.05) is 0 Å². The largest absolute Gasteiger partial charge is 0.431 e. The lowest BCUT2D eigenvalue weighted by atomic mass is 9.41. The SMILES string of the molecule is C[C@]12[C@H](O)C(=O)[C@@H]3[C@@H](CC[C@]4(O)C[C@@H](O)CC[C@]34C)[C@@]1(O)CC[C@@H]2c1ccc(=O)oc1. The van der Waals surface area contributed by atoms with Crippen LogP contribution < -0.4 is 5.63 Å². The van der Waals surface area contributed by atoms with Crippen LogP contribution in [0.5, 0.6) is 0 Å². The Morgan fingerprint density at radius 3 is 2.42 bits per heavy atom. The fraction of sp³-hybridized carbons (Fsp3) is 0.750. The molecule has 0 aliphatic heterocycles. The van der Waals surface area contributed by atoms with Crippen molar-refractivity contribution in [1.29, 1.82) is 0 Å². The van der Waals surface area contributed by atoms with Crippen LogP contribution in [0.1, 0.15) is 70.3 Å². The highest BCUT2D eigenvalue weighted by Crippen LogP contribution is 2.70. The molecule has 1 aromatic rings. The van der Waals surface area contributed by atoms with Crippen LogP contribution in [0, 0.1) is 22.7 Å². The predicted molar refractivity (Wildman–Crippen MR) is 110 cm³/mol. The number of carbonyl (C=O) groups is 1. The van der Waals surface area contributed by atoms with Crippen molar-refractivity contribution in [3.63, 3.8) is 0 Å². The van der Waals surface area contributed by atoms with Gasteiger partial charge < -0.3 is 24.8 Å². The van der Waals surface area contributed by atoms with Crippen LogP contribution in [0.2, 0.25) is 0 Å². The highest BCUT2D eigenvalue weighted by molar-refractivity contribution is 5.89. The van der Waals surface area contributed by atoms with Crippen molar-refractivity contribution in [2.45, 2.75) is 88.1 Å². The third kappa shape index (κ3) is 2.49. The second kappa shape index (κ2) is 6.50. The van der Waals surface area contributed by atoms with Gasteiger partial charge in [-0.15, -0.1) is 0 Å². The molecule has 0 aromatic carbocycles. The zero-order valence-electron chi connectivity index (χ0n) is 18.1. The Hall–Kier alpha value is -1.54. The molecular formula is C24H32O7. The fourth-order valence-corrected chi connectivity index (χ4v) is 8.08. The van der Waals surface area contributed by atoms with Gasteiger partial charge in [0.1, 0.15) is 6.10 Å². The van der Waals surface area contributed by atoms with Crippen LogP contribution in [-0.4, -0.2) is 49.6 Å². The highest BCUT2D eigenvalue weighted by Gasteiger charge is 2.75. The first-order chi connectivity index (χ1) is 14.5. The molecule has 31 heavy (non-hydrogen) atoms. The van der Waals surface area contributed by atoms with E-state index in [0.29, 0.717) is 44.1 Å². The topological polar surface area (TPSA) is 128 Å². The maximum absolute atomic E-state index is 13.8. The van der Waals surface area contributed by atoms with E-state index in [1.54, 1.807) is 13.0 Å². The minimum absolute atomic E-state index is 0.220. The van der Waals surface area contributed by atoms with Gasteiger partial charge in [0.25, 0.3) is 0 Å². The van der Waals surface area contributed by atoms with Gasteiger partial charge in [0, 0.05) is 29.2 Å². The van der Waals surface area contributed by atoms with Gasteiger partial charge in [-0.3, -0.25) is 4.79 Å². The van der Waals surface area contributed by atoms with E-state index in [2.05, 4.69) is 0 Å².